The van der Waals surface area contributed by atoms with Crippen LogP contribution in [0, 0.1) is 5.41 Å². The van der Waals surface area contributed by atoms with Crippen LogP contribution in [0.3, 0.4) is 0 Å². The number of methoxy groups -OCH3 is 1. The summed E-state index contributed by atoms with van der Waals surface area (Å²) in [7, 11) is 1.75. The first-order valence-electron chi connectivity index (χ1n) is 5.73. The molecule has 0 aliphatic carbocycles. The van der Waals surface area contributed by atoms with Gasteiger partial charge in [-0.05, 0) is 31.2 Å². The summed E-state index contributed by atoms with van der Waals surface area (Å²) in [6, 6.07) is 0. The maximum Gasteiger partial charge on any atom is 0.0587 e. The Hall–Kier alpha value is -0.120. The van der Waals surface area contributed by atoms with Gasteiger partial charge in [-0.2, -0.15) is 0 Å². The summed E-state index contributed by atoms with van der Waals surface area (Å²) in [6.07, 6.45) is 3.94. The van der Waals surface area contributed by atoms with Gasteiger partial charge in [0, 0.05) is 26.7 Å². The van der Waals surface area contributed by atoms with Crippen molar-refractivity contribution in [1.29, 1.82) is 0 Å². The molecule has 1 atom stereocenters. The molecule has 84 valence electrons. The molecular formula is C11H24N2O. The molecule has 3 heteroatoms. The number of piperidine rings is 1. The second-order valence-corrected chi connectivity index (χ2v) is 4.30. The number of nitrogens with one attached hydrogen (secondary N) is 2. The highest BCUT2D eigenvalue weighted by atomic mass is 16.5. The Bertz CT molecular complexity index is 144. The van der Waals surface area contributed by atoms with Gasteiger partial charge in [-0.15, -0.1) is 0 Å². The van der Waals surface area contributed by atoms with Crippen molar-refractivity contribution in [3.8, 4) is 0 Å². The number of ether oxygens (including phenoxy) is 1. The van der Waals surface area contributed by atoms with Crippen LogP contribution in [0.1, 0.15) is 26.2 Å². The van der Waals surface area contributed by atoms with Crippen LogP contribution in [0.15, 0.2) is 0 Å². The minimum Gasteiger partial charge on any atom is -0.383 e. The van der Waals surface area contributed by atoms with Crippen molar-refractivity contribution in [2.24, 2.45) is 5.41 Å². The largest absolute Gasteiger partial charge is 0.383 e. The van der Waals surface area contributed by atoms with Crippen LogP contribution in [0.2, 0.25) is 0 Å². The van der Waals surface area contributed by atoms with Crippen molar-refractivity contribution in [2.75, 3.05) is 39.9 Å². The van der Waals surface area contributed by atoms with E-state index in [1.807, 2.05) is 0 Å². The molecule has 1 heterocycles. The average molecular weight is 200 g/mol. The summed E-state index contributed by atoms with van der Waals surface area (Å²) in [5, 5.41) is 6.98. The zero-order valence-corrected chi connectivity index (χ0v) is 9.57. The summed E-state index contributed by atoms with van der Waals surface area (Å²) in [6.45, 7) is 7.57. The fourth-order valence-corrected chi connectivity index (χ4v) is 2.14. The van der Waals surface area contributed by atoms with Crippen LogP contribution in [-0.4, -0.2) is 39.9 Å². The molecule has 14 heavy (non-hydrogen) atoms. The molecule has 0 aromatic heterocycles. The van der Waals surface area contributed by atoms with E-state index in [2.05, 4.69) is 17.6 Å². The Labute approximate surface area is 87.6 Å². The fraction of sp³-hybridized carbons (Fsp3) is 1.00. The van der Waals surface area contributed by atoms with Gasteiger partial charge in [-0.1, -0.05) is 6.92 Å². The topological polar surface area (TPSA) is 33.3 Å². The molecule has 1 aliphatic heterocycles. The Morgan fingerprint density at radius 2 is 2.36 bits per heavy atom. The van der Waals surface area contributed by atoms with Crippen LogP contribution in [-0.2, 0) is 4.74 Å². The normalized spacial score (nSPS) is 27.9. The lowest BCUT2D eigenvalue weighted by molar-refractivity contribution is 0.169. The summed E-state index contributed by atoms with van der Waals surface area (Å²) in [5.41, 5.74) is 0.492. The zero-order valence-electron chi connectivity index (χ0n) is 9.57. The predicted molar refractivity (Wildman–Crippen MR) is 59.6 cm³/mol. The highest BCUT2D eigenvalue weighted by Crippen LogP contribution is 2.28. The Morgan fingerprint density at radius 3 is 2.93 bits per heavy atom. The van der Waals surface area contributed by atoms with Gasteiger partial charge in [0.2, 0.25) is 0 Å². The molecule has 0 saturated carbocycles. The molecule has 1 rings (SSSR count). The van der Waals surface area contributed by atoms with Gasteiger partial charge in [0.05, 0.1) is 6.61 Å². The van der Waals surface area contributed by atoms with E-state index in [4.69, 9.17) is 4.74 Å². The maximum atomic E-state index is 5.02. The summed E-state index contributed by atoms with van der Waals surface area (Å²) in [4.78, 5) is 0. The van der Waals surface area contributed by atoms with Gasteiger partial charge in [0.15, 0.2) is 0 Å². The first-order chi connectivity index (χ1) is 6.83. The van der Waals surface area contributed by atoms with Crippen LogP contribution in [0.25, 0.3) is 0 Å². The maximum absolute atomic E-state index is 5.02. The quantitative estimate of drug-likeness (QED) is 0.628. The van der Waals surface area contributed by atoms with Crippen molar-refractivity contribution in [2.45, 2.75) is 26.2 Å². The predicted octanol–water partition coefficient (Wildman–Crippen LogP) is 1.00. The van der Waals surface area contributed by atoms with Gasteiger partial charge in [-0.3, -0.25) is 0 Å². The Kier molecular flexibility index (Phi) is 5.45. The van der Waals surface area contributed by atoms with Gasteiger partial charge in [-0.25, -0.2) is 0 Å². The molecule has 3 nitrogen and oxygen atoms in total. The van der Waals surface area contributed by atoms with Crippen LogP contribution in [0.4, 0.5) is 0 Å². The third kappa shape index (κ3) is 3.56. The fourth-order valence-electron chi connectivity index (χ4n) is 2.14. The van der Waals surface area contributed by atoms with Crippen molar-refractivity contribution in [1.82, 2.24) is 10.6 Å². The second-order valence-electron chi connectivity index (χ2n) is 4.30. The van der Waals surface area contributed by atoms with Crippen molar-refractivity contribution >= 4 is 0 Å². The minimum absolute atomic E-state index is 0.492. The smallest absolute Gasteiger partial charge is 0.0587 e. The Balaban J connectivity index is 2.22. The second kappa shape index (κ2) is 6.38. The third-order valence-electron chi connectivity index (χ3n) is 3.29. The highest BCUT2D eigenvalue weighted by Gasteiger charge is 2.29. The third-order valence-corrected chi connectivity index (χ3v) is 3.29. The van der Waals surface area contributed by atoms with E-state index in [-0.39, 0.29) is 0 Å². The van der Waals surface area contributed by atoms with Crippen molar-refractivity contribution in [3.63, 3.8) is 0 Å². The van der Waals surface area contributed by atoms with Crippen molar-refractivity contribution in [3.05, 3.63) is 0 Å². The van der Waals surface area contributed by atoms with E-state index >= 15 is 0 Å². The lowest BCUT2D eigenvalue weighted by Gasteiger charge is -2.37. The lowest BCUT2D eigenvalue weighted by Crippen LogP contribution is -2.46. The Morgan fingerprint density at radius 1 is 1.50 bits per heavy atom. The van der Waals surface area contributed by atoms with Crippen molar-refractivity contribution < 1.29 is 4.74 Å². The summed E-state index contributed by atoms with van der Waals surface area (Å²) in [5.74, 6) is 0. The molecule has 1 fully saturated rings. The zero-order chi connectivity index (χ0) is 10.3. The van der Waals surface area contributed by atoms with Gasteiger partial charge in [0.1, 0.15) is 0 Å². The minimum atomic E-state index is 0.492. The standard InChI is InChI=1S/C11H24N2O/c1-3-11(5-4-6-12-9-11)10-13-7-8-14-2/h12-13H,3-10H2,1-2H3. The van der Waals surface area contributed by atoms with E-state index in [9.17, 15) is 0 Å². The summed E-state index contributed by atoms with van der Waals surface area (Å²) < 4.78 is 5.02. The molecule has 0 bridgehead atoms. The lowest BCUT2D eigenvalue weighted by atomic mass is 9.78. The number of hydrogen-bond acceptors (Lipinski definition) is 3. The first-order valence-corrected chi connectivity index (χ1v) is 5.73. The average Bonchev–Trinajstić information content (AvgIpc) is 2.26. The van der Waals surface area contributed by atoms with Gasteiger partial charge >= 0.3 is 0 Å². The number of rotatable bonds is 6. The molecule has 0 aromatic rings. The van der Waals surface area contributed by atoms with Gasteiger partial charge in [0.25, 0.3) is 0 Å². The molecule has 2 N–H and O–H groups in total. The van der Waals surface area contributed by atoms with Gasteiger partial charge < -0.3 is 15.4 Å². The molecule has 1 saturated heterocycles. The van der Waals surface area contributed by atoms with Crippen LogP contribution >= 0.6 is 0 Å². The molecule has 0 amide bonds. The van der Waals surface area contributed by atoms with Crippen LogP contribution in [0.5, 0.6) is 0 Å². The monoisotopic (exact) mass is 200 g/mol. The first kappa shape index (κ1) is 12.0. The van der Waals surface area contributed by atoms with Crippen LogP contribution < -0.4 is 10.6 Å². The molecule has 0 radical (unpaired) electrons. The molecule has 1 aliphatic rings. The van der Waals surface area contributed by atoms with E-state index in [1.165, 1.54) is 32.4 Å². The number of hydrogen-bond donors (Lipinski definition) is 2. The molecule has 0 spiro atoms. The molecule has 1 unspecified atom stereocenters. The SMILES string of the molecule is CCC1(CNCCOC)CCCNC1. The molecule has 0 aromatic carbocycles. The van der Waals surface area contributed by atoms with E-state index in [1.54, 1.807) is 7.11 Å². The van der Waals surface area contributed by atoms with E-state index in [0.29, 0.717) is 5.41 Å². The van der Waals surface area contributed by atoms with E-state index in [0.717, 1.165) is 19.7 Å². The molecular weight excluding hydrogens is 176 g/mol. The highest BCUT2D eigenvalue weighted by molar-refractivity contribution is 4.86. The van der Waals surface area contributed by atoms with E-state index < -0.39 is 0 Å². The summed E-state index contributed by atoms with van der Waals surface area (Å²) >= 11 is 0.